The third kappa shape index (κ3) is 2.78. The number of aromatic nitrogens is 1. The molecule has 4 N–H and O–H groups in total. The number of benzene rings is 1. The molecular formula is C12H10BrN3O2. The highest BCUT2D eigenvalue weighted by molar-refractivity contribution is 9.10. The van der Waals surface area contributed by atoms with E-state index in [0.29, 0.717) is 21.7 Å². The first kappa shape index (κ1) is 12.4. The lowest BCUT2D eigenvalue weighted by Crippen LogP contribution is -2.03. The lowest BCUT2D eigenvalue weighted by molar-refractivity contribution is 0.0698. The number of nitrogens with zero attached hydrogens (tertiary/aromatic N) is 1. The van der Waals surface area contributed by atoms with E-state index < -0.39 is 5.97 Å². The van der Waals surface area contributed by atoms with Gasteiger partial charge in [0.2, 0.25) is 0 Å². The van der Waals surface area contributed by atoms with Crippen LogP contribution in [0.5, 0.6) is 0 Å². The number of carboxylic acids is 1. The van der Waals surface area contributed by atoms with Gasteiger partial charge in [0, 0.05) is 4.47 Å². The van der Waals surface area contributed by atoms with Crippen molar-refractivity contribution < 1.29 is 9.90 Å². The molecule has 0 bridgehead atoms. The molecule has 0 unspecified atom stereocenters. The average Bonchev–Trinajstić information content (AvgIpc) is 2.34. The van der Waals surface area contributed by atoms with E-state index in [0.717, 1.165) is 0 Å². The van der Waals surface area contributed by atoms with Crippen LogP contribution in [0.15, 0.2) is 41.0 Å². The molecule has 0 aliphatic heterocycles. The van der Waals surface area contributed by atoms with Crippen LogP contribution in [-0.2, 0) is 0 Å². The fraction of sp³-hybridized carbons (Fsp3) is 0. The van der Waals surface area contributed by atoms with E-state index in [1.54, 1.807) is 24.3 Å². The maximum atomic E-state index is 11.1. The van der Waals surface area contributed by atoms with Crippen LogP contribution in [0.3, 0.4) is 0 Å². The van der Waals surface area contributed by atoms with Crippen LogP contribution in [0.2, 0.25) is 0 Å². The van der Waals surface area contributed by atoms with Gasteiger partial charge >= 0.3 is 5.97 Å². The van der Waals surface area contributed by atoms with Crippen LogP contribution >= 0.6 is 15.9 Å². The van der Waals surface area contributed by atoms with Gasteiger partial charge in [-0.25, -0.2) is 9.78 Å². The van der Waals surface area contributed by atoms with Gasteiger partial charge in [0.25, 0.3) is 0 Å². The minimum Gasteiger partial charge on any atom is -0.478 e. The van der Waals surface area contributed by atoms with Gasteiger partial charge in [-0.2, -0.15) is 0 Å². The molecule has 1 heterocycles. The Hall–Kier alpha value is -2.08. The summed E-state index contributed by atoms with van der Waals surface area (Å²) in [5.74, 6) is -0.469. The van der Waals surface area contributed by atoms with Crippen molar-refractivity contribution in [3.8, 4) is 0 Å². The minimum atomic E-state index is -1.01. The number of hydrogen-bond donors (Lipinski definition) is 3. The summed E-state index contributed by atoms with van der Waals surface area (Å²) in [6.07, 6.45) is 1.50. The van der Waals surface area contributed by atoms with Gasteiger partial charge < -0.3 is 16.2 Å². The predicted octanol–water partition coefficient (Wildman–Crippen LogP) is 2.87. The number of aromatic carboxylic acids is 1. The van der Waals surface area contributed by atoms with E-state index in [4.69, 9.17) is 10.8 Å². The molecule has 0 radical (unpaired) electrons. The van der Waals surface area contributed by atoms with Crippen LogP contribution in [0.25, 0.3) is 0 Å². The molecule has 0 spiro atoms. The second-order valence-corrected chi connectivity index (χ2v) is 4.51. The van der Waals surface area contributed by atoms with Crippen molar-refractivity contribution >= 4 is 39.1 Å². The maximum absolute atomic E-state index is 11.1. The Kier molecular flexibility index (Phi) is 3.47. The highest BCUT2D eigenvalue weighted by atomic mass is 79.9. The van der Waals surface area contributed by atoms with Crippen molar-refractivity contribution in [2.24, 2.45) is 0 Å². The van der Waals surface area contributed by atoms with E-state index in [-0.39, 0.29) is 5.56 Å². The summed E-state index contributed by atoms with van der Waals surface area (Å²) in [5.41, 5.74) is 6.72. The lowest BCUT2D eigenvalue weighted by atomic mass is 10.2. The van der Waals surface area contributed by atoms with E-state index in [1.165, 1.54) is 12.3 Å². The van der Waals surface area contributed by atoms with Gasteiger partial charge in [-0.15, -0.1) is 0 Å². The molecular weight excluding hydrogens is 298 g/mol. The summed E-state index contributed by atoms with van der Waals surface area (Å²) < 4.78 is 0.704. The van der Waals surface area contributed by atoms with Gasteiger partial charge in [0.1, 0.15) is 5.82 Å². The Morgan fingerprint density at radius 2 is 2.11 bits per heavy atom. The van der Waals surface area contributed by atoms with Gasteiger partial charge in [0.05, 0.1) is 23.1 Å². The molecule has 1 aromatic carbocycles. The number of carboxylic acid groups (broad SMARTS) is 1. The number of anilines is 3. The average molecular weight is 308 g/mol. The van der Waals surface area contributed by atoms with Crippen molar-refractivity contribution in [2.45, 2.75) is 0 Å². The third-order valence-corrected chi connectivity index (χ3v) is 2.75. The topological polar surface area (TPSA) is 88.2 Å². The number of halogens is 1. The smallest absolute Gasteiger partial charge is 0.337 e. The first-order valence-corrected chi connectivity index (χ1v) is 5.87. The molecule has 2 aromatic rings. The number of nitrogens with two attached hydrogens (primary N) is 1. The Morgan fingerprint density at radius 1 is 1.33 bits per heavy atom. The zero-order chi connectivity index (χ0) is 13.1. The molecule has 0 atom stereocenters. The monoisotopic (exact) mass is 307 g/mol. The van der Waals surface area contributed by atoms with Crippen LogP contribution in [-0.4, -0.2) is 16.1 Å². The summed E-state index contributed by atoms with van der Waals surface area (Å²) in [6, 6.07) is 8.33. The third-order valence-electron chi connectivity index (χ3n) is 2.26. The Morgan fingerprint density at radius 3 is 2.72 bits per heavy atom. The molecule has 0 fully saturated rings. The second-order valence-electron chi connectivity index (χ2n) is 3.60. The zero-order valence-corrected chi connectivity index (χ0v) is 10.8. The first-order chi connectivity index (χ1) is 8.56. The molecule has 5 nitrogen and oxygen atoms in total. The summed E-state index contributed by atoms with van der Waals surface area (Å²) >= 11 is 3.24. The second kappa shape index (κ2) is 5.05. The minimum absolute atomic E-state index is 0.169. The van der Waals surface area contributed by atoms with E-state index in [2.05, 4.69) is 26.2 Å². The van der Waals surface area contributed by atoms with Crippen molar-refractivity contribution in [3.05, 3.63) is 46.6 Å². The Balaban J connectivity index is 2.34. The van der Waals surface area contributed by atoms with Crippen LogP contribution in [0.4, 0.5) is 17.2 Å². The Bertz CT molecular complexity index is 584. The zero-order valence-electron chi connectivity index (χ0n) is 9.22. The largest absolute Gasteiger partial charge is 0.478 e. The molecule has 0 saturated carbocycles. The number of nitrogen functional groups attached to an aromatic ring is 1. The van der Waals surface area contributed by atoms with Crippen LogP contribution < -0.4 is 11.1 Å². The van der Waals surface area contributed by atoms with Crippen molar-refractivity contribution in [1.82, 2.24) is 4.98 Å². The fourth-order valence-corrected chi connectivity index (χ4v) is 1.78. The van der Waals surface area contributed by atoms with Gasteiger partial charge in [-0.1, -0.05) is 15.9 Å². The quantitative estimate of drug-likeness (QED) is 0.811. The summed E-state index contributed by atoms with van der Waals surface area (Å²) in [4.78, 5) is 15.2. The van der Waals surface area contributed by atoms with Crippen molar-refractivity contribution in [1.29, 1.82) is 0 Å². The Labute approximate surface area is 112 Å². The highest BCUT2D eigenvalue weighted by Gasteiger charge is 2.10. The molecule has 0 aliphatic carbocycles. The normalized spacial score (nSPS) is 10.1. The van der Waals surface area contributed by atoms with E-state index >= 15 is 0 Å². The molecule has 18 heavy (non-hydrogen) atoms. The number of carbonyl (C=O) groups is 1. The number of pyridine rings is 1. The maximum Gasteiger partial charge on any atom is 0.337 e. The van der Waals surface area contributed by atoms with Gasteiger partial charge in [-0.3, -0.25) is 0 Å². The molecule has 1 aromatic heterocycles. The summed E-state index contributed by atoms with van der Waals surface area (Å²) in [6.45, 7) is 0. The van der Waals surface area contributed by atoms with Gasteiger partial charge in [0.15, 0.2) is 0 Å². The molecule has 92 valence electrons. The first-order valence-electron chi connectivity index (χ1n) is 5.07. The van der Waals surface area contributed by atoms with E-state index in [9.17, 15) is 4.79 Å². The molecule has 6 heteroatoms. The number of hydrogen-bond acceptors (Lipinski definition) is 4. The standard InChI is InChI=1S/C12H10BrN3O2/c13-7-1-3-10(9(5-7)12(17)18)16-11-4-2-8(14)6-15-11/h1-6H,14H2,(H,15,16)(H,17,18). The molecule has 2 rings (SSSR count). The van der Waals surface area contributed by atoms with Crippen molar-refractivity contribution in [2.75, 3.05) is 11.1 Å². The number of nitrogens with one attached hydrogen (secondary N) is 1. The van der Waals surface area contributed by atoms with Crippen LogP contribution in [0.1, 0.15) is 10.4 Å². The molecule has 0 aliphatic rings. The molecule has 0 saturated heterocycles. The molecule has 0 amide bonds. The van der Waals surface area contributed by atoms with Crippen molar-refractivity contribution in [3.63, 3.8) is 0 Å². The summed E-state index contributed by atoms with van der Waals surface area (Å²) in [5, 5.41) is 12.1. The predicted molar refractivity (Wildman–Crippen MR) is 73.0 cm³/mol. The highest BCUT2D eigenvalue weighted by Crippen LogP contribution is 2.24. The van der Waals surface area contributed by atoms with Gasteiger partial charge in [-0.05, 0) is 30.3 Å². The SMILES string of the molecule is Nc1ccc(Nc2ccc(Br)cc2C(=O)O)nc1. The van der Waals surface area contributed by atoms with E-state index in [1.807, 2.05) is 0 Å². The van der Waals surface area contributed by atoms with Crippen LogP contribution in [0, 0.1) is 0 Å². The fourth-order valence-electron chi connectivity index (χ4n) is 1.42. The summed E-state index contributed by atoms with van der Waals surface area (Å²) in [7, 11) is 0. The number of rotatable bonds is 3. The lowest BCUT2D eigenvalue weighted by Gasteiger charge is -2.09.